The minimum atomic E-state index is 0. The molecule has 1 N–H and O–H groups in total. The van der Waals surface area contributed by atoms with Gasteiger partial charge in [-0.2, -0.15) is 5.10 Å². The van der Waals surface area contributed by atoms with Crippen LogP contribution in [0, 0.1) is 0 Å². The summed E-state index contributed by atoms with van der Waals surface area (Å²) < 4.78 is 2.00. The third-order valence-electron chi connectivity index (χ3n) is 3.01. The third kappa shape index (κ3) is 7.78. The Hall–Kier alpha value is -0.290. The minimum Gasteiger partial charge on any atom is -0.311 e. The van der Waals surface area contributed by atoms with Gasteiger partial charge in [0.05, 0.1) is 6.20 Å². The summed E-state index contributed by atoms with van der Waals surface area (Å²) in [5.41, 5.74) is 1.26. The number of hydrogen-bond donors (Lipinski definition) is 1. The molecule has 0 radical (unpaired) electrons. The Morgan fingerprint density at radius 2 is 1.89 bits per heavy atom. The smallest absolute Gasteiger partial charge is 0.0534 e. The van der Waals surface area contributed by atoms with Crippen LogP contribution in [0.3, 0.4) is 0 Å². The van der Waals surface area contributed by atoms with Crippen LogP contribution in [0.25, 0.3) is 0 Å². The molecule has 0 saturated carbocycles. The van der Waals surface area contributed by atoms with Crippen LogP contribution in [0.1, 0.15) is 39.3 Å². The number of nitrogens with one attached hydrogen (secondary N) is 1. The summed E-state index contributed by atoms with van der Waals surface area (Å²) in [6, 6.07) is 0.444. The number of aromatic nitrogens is 2. The van der Waals surface area contributed by atoms with Gasteiger partial charge in [0, 0.05) is 37.4 Å². The average molecular weight is 311 g/mol. The molecule has 0 unspecified atom stereocenters. The SMILES string of the molecule is CCN(CC)CCNCc1cnn(C(C)C)c1.Cl.Cl. The molecule has 1 aromatic rings. The fourth-order valence-corrected chi connectivity index (χ4v) is 1.76. The molecule has 0 aliphatic carbocycles. The Morgan fingerprint density at radius 3 is 2.37 bits per heavy atom. The van der Waals surface area contributed by atoms with Crippen LogP contribution >= 0.6 is 24.8 Å². The number of halogens is 2. The maximum absolute atomic E-state index is 4.33. The molecule has 0 amide bonds. The summed E-state index contributed by atoms with van der Waals surface area (Å²) >= 11 is 0. The normalized spacial score (nSPS) is 10.4. The quantitative estimate of drug-likeness (QED) is 0.750. The third-order valence-corrected chi connectivity index (χ3v) is 3.01. The Balaban J connectivity index is 0. The average Bonchev–Trinajstić information content (AvgIpc) is 2.78. The van der Waals surface area contributed by atoms with Gasteiger partial charge in [0.15, 0.2) is 0 Å². The van der Waals surface area contributed by atoms with Crippen molar-refractivity contribution in [2.75, 3.05) is 26.2 Å². The van der Waals surface area contributed by atoms with Gasteiger partial charge >= 0.3 is 0 Å². The standard InChI is InChI=1S/C13H26N4.2ClH/c1-5-16(6-2)8-7-14-9-13-10-15-17(11-13)12(3)4;;/h10-12,14H,5-9H2,1-4H3;2*1H. The number of nitrogens with zero attached hydrogens (tertiary/aromatic N) is 3. The Kier molecular flexibility index (Phi) is 12.8. The molecule has 19 heavy (non-hydrogen) atoms. The van der Waals surface area contributed by atoms with E-state index in [1.54, 1.807) is 0 Å². The second-order valence-electron chi connectivity index (χ2n) is 4.63. The molecule has 1 rings (SSSR count). The number of rotatable bonds is 8. The summed E-state index contributed by atoms with van der Waals surface area (Å²) in [7, 11) is 0. The first kappa shape index (κ1) is 21.0. The van der Waals surface area contributed by atoms with Crippen molar-refractivity contribution in [2.45, 2.75) is 40.3 Å². The molecule has 4 nitrogen and oxygen atoms in total. The van der Waals surface area contributed by atoms with E-state index in [0.29, 0.717) is 6.04 Å². The molecule has 0 atom stereocenters. The van der Waals surface area contributed by atoms with E-state index in [1.807, 2.05) is 10.9 Å². The predicted octanol–water partition coefficient (Wildman–Crippen LogP) is 2.74. The monoisotopic (exact) mass is 310 g/mol. The van der Waals surface area contributed by atoms with Crippen molar-refractivity contribution in [1.82, 2.24) is 20.0 Å². The van der Waals surface area contributed by atoms with Crippen LogP contribution in [0.5, 0.6) is 0 Å². The van der Waals surface area contributed by atoms with E-state index in [0.717, 1.165) is 32.7 Å². The topological polar surface area (TPSA) is 33.1 Å². The van der Waals surface area contributed by atoms with Crippen LogP contribution in [-0.2, 0) is 6.54 Å². The van der Waals surface area contributed by atoms with Gasteiger partial charge < -0.3 is 10.2 Å². The molecular formula is C13H28Cl2N4. The van der Waals surface area contributed by atoms with Crippen LogP contribution in [0.15, 0.2) is 12.4 Å². The molecule has 1 heterocycles. The molecule has 0 bridgehead atoms. The first-order valence-corrected chi connectivity index (χ1v) is 6.63. The highest BCUT2D eigenvalue weighted by Crippen LogP contribution is 2.04. The van der Waals surface area contributed by atoms with Crippen molar-refractivity contribution >= 4 is 24.8 Å². The Morgan fingerprint density at radius 1 is 1.26 bits per heavy atom. The van der Waals surface area contributed by atoms with Gasteiger partial charge in [0.25, 0.3) is 0 Å². The van der Waals surface area contributed by atoms with Crippen LogP contribution in [0.2, 0.25) is 0 Å². The Labute approximate surface area is 129 Å². The summed E-state index contributed by atoms with van der Waals surface area (Å²) in [5, 5.41) is 7.79. The van der Waals surface area contributed by atoms with Crippen LogP contribution in [0.4, 0.5) is 0 Å². The van der Waals surface area contributed by atoms with Gasteiger partial charge in [-0.25, -0.2) is 0 Å². The lowest BCUT2D eigenvalue weighted by atomic mass is 10.3. The van der Waals surface area contributed by atoms with E-state index in [1.165, 1.54) is 5.56 Å². The second kappa shape index (κ2) is 11.5. The molecule has 0 fully saturated rings. The van der Waals surface area contributed by atoms with Gasteiger partial charge in [-0.15, -0.1) is 24.8 Å². The lowest BCUT2D eigenvalue weighted by Gasteiger charge is -2.17. The van der Waals surface area contributed by atoms with Crippen molar-refractivity contribution < 1.29 is 0 Å². The highest BCUT2D eigenvalue weighted by molar-refractivity contribution is 5.85. The zero-order valence-electron chi connectivity index (χ0n) is 12.4. The van der Waals surface area contributed by atoms with Gasteiger partial charge in [-0.3, -0.25) is 4.68 Å². The molecule has 0 aliphatic heterocycles. The fourth-order valence-electron chi connectivity index (χ4n) is 1.76. The lowest BCUT2D eigenvalue weighted by Crippen LogP contribution is -2.31. The summed E-state index contributed by atoms with van der Waals surface area (Å²) in [6.45, 7) is 14.0. The van der Waals surface area contributed by atoms with Gasteiger partial charge in [0.1, 0.15) is 0 Å². The highest BCUT2D eigenvalue weighted by atomic mass is 35.5. The zero-order chi connectivity index (χ0) is 12.7. The highest BCUT2D eigenvalue weighted by Gasteiger charge is 2.02. The van der Waals surface area contributed by atoms with E-state index in [4.69, 9.17) is 0 Å². The maximum Gasteiger partial charge on any atom is 0.0534 e. The first-order chi connectivity index (χ1) is 8.17. The van der Waals surface area contributed by atoms with Gasteiger partial charge in [0.2, 0.25) is 0 Å². The summed E-state index contributed by atoms with van der Waals surface area (Å²) in [6.07, 6.45) is 4.07. The molecule has 6 heteroatoms. The minimum absolute atomic E-state index is 0. The number of likely N-dealkylation sites (N-methyl/N-ethyl adjacent to an activating group) is 1. The molecule has 0 spiro atoms. The maximum atomic E-state index is 4.33. The Bertz CT molecular complexity index is 311. The molecule has 1 aromatic heterocycles. The summed E-state index contributed by atoms with van der Waals surface area (Å²) in [5.74, 6) is 0. The van der Waals surface area contributed by atoms with E-state index in [9.17, 15) is 0 Å². The molecule has 0 aliphatic rings. The van der Waals surface area contributed by atoms with Crippen molar-refractivity contribution in [2.24, 2.45) is 0 Å². The van der Waals surface area contributed by atoms with Crippen LogP contribution < -0.4 is 5.32 Å². The fraction of sp³-hybridized carbons (Fsp3) is 0.769. The largest absolute Gasteiger partial charge is 0.311 e. The first-order valence-electron chi connectivity index (χ1n) is 6.63. The lowest BCUT2D eigenvalue weighted by molar-refractivity contribution is 0.302. The zero-order valence-corrected chi connectivity index (χ0v) is 14.1. The van der Waals surface area contributed by atoms with Crippen molar-refractivity contribution in [3.8, 4) is 0 Å². The molecule has 0 saturated heterocycles. The number of hydrogen-bond acceptors (Lipinski definition) is 3. The van der Waals surface area contributed by atoms with Gasteiger partial charge in [-0.05, 0) is 26.9 Å². The van der Waals surface area contributed by atoms with E-state index < -0.39 is 0 Å². The van der Waals surface area contributed by atoms with Crippen molar-refractivity contribution in [3.05, 3.63) is 18.0 Å². The van der Waals surface area contributed by atoms with E-state index >= 15 is 0 Å². The van der Waals surface area contributed by atoms with E-state index in [2.05, 4.69) is 49.2 Å². The summed E-state index contributed by atoms with van der Waals surface area (Å²) in [4.78, 5) is 2.42. The molecular weight excluding hydrogens is 283 g/mol. The van der Waals surface area contributed by atoms with Crippen molar-refractivity contribution in [3.63, 3.8) is 0 Å². The predicted molar refractivity (Wildman–Crippen MR) is 86.6 cm³/mol. The molecule has 0 aromatic carbocycles. The van der Waals surface area contributed by atoms with Crippen LogP contribution in [-0.4, -0.2) is 40.9 Å². The molecule has 114 valence electrons. The van der Waals surface area contributed by atoms with Crippen molar-refractivity contribution in [1.29, 1.82) is 0 Å². The van der Waals surface area contributed by atoms with E-state index in [-0.39, 0.29) is 24.8 Å². The second-order valence-corrected chi connectivity index (χ2v) is 4.63. The van der Waals surface area contributed by atoms with Gasteiger partial charge in [-0.1, -0.05) is 13.8 Å².